The summed E-state index contributed by atoms with van der Waals surface area (Å²) >= 11 is 0. The number of carbonyl (C=O) groups is 1. The number of amides is 2. The van der Waals surface area contributed by atoms with Crippen molar-refractivity contribution in [3.63, 3.8) is 0 Å². The van der Waals surface area contributed by atoms with Gasteiger partial charge in [0.2, 0.25) is 5.78 Å². The molecule has 0 atom stereocenters. The maximum Gasteiger partial charge on any atom is 0.327 e. The number of imidazole rings is 1. The van der Waals surface area contributed by atoms with Gasteiger partial charge in [-0.3, -0.25) is 9.30 Å². The highest BCUT2D eigenvalue weighted by Crippen LogP contribution is 2.41. The van der Waals surface area contributed by atoms with Gasteiger partial charge in [0.1, 0.15) is 5.82 Å². The molecular formula is C21H25ClN8O. The Kier molecular flexibility index (Phi) is 4.75. The molecule has 1 saturated heterocycles. The first-order valence-corrected chi connectivity index (χ1v) is 10.5. The third-order valence-electron chi connectivity index (χ3n) is 6.35. The lowest BCUT2D eigenvalue weighted by Gasteiger charge is -2.36. The van der Waals surface area contributed by atoms with E-state index in [0.717, 1.165) is 37.6 Å². The van der Waals surface area contributed by atoms with Crippen LogP contribution in [0.1, 0.15) is 24.1 Å². The van der Waals surface area contributed by atoms with Crippen LogP contribution >= 0.6 is 12.4 Å². The molecule has 0 unspecified atom stereocenters. The monoisotopic (exact) mass is 440 g/mol. The predicted octanol–water partition coefficient (Wildman–Crippen LogP) is 2.39. The number of nitrogens with zero attached hydrogens (tertiary/aromatic N) is 6. The average Bonchev–Trinajstić information content (AvgIpc) is 3.17. The first kappa shape index (κ1) is 20.0. The Bertz CT molecular complexity index is 1160. The van der Waals surface area contributed by atoms with Gasteiger partial charge in [-0.25, -0.2) is 19.7 Å². The molecule has 162 valence electrons. The SMILES string of the molecule is Cc1cn2cc(NC(=O)N3CCc4c(N5CCNC6(CC6)C5)ccnc43)cnc2n1.Cl. The van der Waals surface area contributed by atoms with E-state index in [0.29, 0.717) is 23.5 Å². The number of hydrogen-bond acceptors (Lipinski definition) is 6. The van der Waals surface area contributed by atoms with Gasteiger partial charge in [-0.2, -0.15) is 0 Å². The zero-order valence-corrected chi connectivity index (χ0v) is 18.2. The molecule has 1 aliphatic carbocycles. The summed E-state index contributed by atoms with van der Waals surface area (Å²) in [7, 11) is 0. The predicted molar refractivity (Wildman–Crippen MR) is 121 cm³/mol. The summed E-state index contributed by atoms with van der Waals surface area (Å²) in [6.07, 6.45) is 10.5. The van der Waals surface area contributed by atoms with E-state index in [2.05, 4.69) is 36.6 Å². The van der Waals surface area contributed by atoms with E-state index in [1.165, 1.54) is 24.1 Å². The summed E-state index contributed by atoms with van der Waals surface area (Å²) in [5, 5.41) is 6.62. The molecule has 2 N–H and O–H groups in total. The van der Waals surface area contributed by atoms with Crippen molar-refractivity contribution in [1.29, 1.82) is 0 Å². The van der Waals surface area contributed by atoms with Crippen LogP contribution < -0.4 is 20.4 Å². The number of piperazine rings is 1. The minimum Gasteiger partial charge on any atom is -0.368 e. The Morgan fingerprint density at radius 2 is 2.10 bits per heavy atom. The van der Waals surface area contributed by atoms with Crippen molar-refractivity contribution in [3.05, 3.63) is 42.1 Å². The van der Waals surface area contributed by atoms with Crippen LogP contribution in [0.5, 0.6) is 0 Å². The molecule has 2 aliphatic heterocycles. The Balaban J connectivity index is 0.00000204. The van der Waals surface area contributed by atoms with Crippen molar-refractivity contribution in [2.24, 2.45) is 0 Å². The summed E-state index contributed by atoms with van der Waals surface area (Å²) in [4.78, 5) is 30.4. The van der Waals surface area contributed by atoms with E-state index in [-0.39, 0.29) is 18.4 Å². The Labute approximate surface area is 186 Å². The van der Waals surface area contributed by atoms with Crippen molar-refractivity contribution in [2.75, 3.05) is 41.3 Å². The minimum absolute atomic E-state index is 0. The quantitative estimate of drug-likeness (QED) is 0.636. The molecular weight excluding hydrogens is 416 g/mol. The molecule has 9 nitrogen and oxygen atoms in total. The largest absolute Gasteiger partial charge is 0.368 e. The zero-order chi connectivity index (χ0) is 20.3. The zero-order valence-electron chi connectivity index (χ0n) is 17.3. The molecule has 2 amide bonds. The lowest BCUT2D eigenvalue weighted by atomic mass is 10.1. The summed E-state index contributed by atoms with van der Waals surface area (Å²) < 4.78 is 1.82. The van der Waals surface area contributed by atoms with Gasteiger partial charge in [-0.15, -0.1) is 12.4 Å². The normalized spacial score (nSPS) is 18.7. The van der Waals surface area contributed by atoms with Gasteiger partial charge in [-0.05, 0) is 32.3 Å². The van der Waals surface area contributed by atoms with Crippen LogP contribution in [-0.2, 0) is 6.42 Å². The smallest absolute Gasteiger partial charge is 0.327 e. The molecule has 5 heterocycles. The number of nitrogens with one attached hydrogen (secondary N) is 2. The molecule has 1 spiro atoms. The molecule has 1 saturated carbocycles. The highest BCUT2D eigenvalue weighted by molar-refractivity contribution is 6.02. The van der Waals surface area contributed by atoms with E-state index >= 15 is 0 Å². The number of carbonyl (C=O) groups excluding carboxylic acids is 1. The van der Waals surface area contributed by atoms with E-state index < -0.39 is 0 Å². The number of halogens is 1. The number of anilines is 3. The highest BCUT2D eigenvalue weighted by Gasteiger charge is 2.46. The van der Waals surface area contributed by atoms with Gasteiger partial charge < -0.3 is 15.5 Å². The van der Waals surface area contributed by atoms with E-state index in [1.807, 2.05) is 29.9 Å². The molecule has 0 aromatic carbocycles. The Hall–Kier alpha value is -2.91. The third-order valence-corrected chi connectivity index (χ3v) is 6.35. The topological polar surface area (TPSA) is 90.7 Å². The van der Waals surface area contributed by atoms with Gasteiger partial charge in [0.05, 0.1) is 17.6 Å². The van der Waals surface area contributed by atoms with Gasteiger partial charge in [0, 0.05) is 61.6 Å². The van der Waals surface area contributed by atoms with Crippen LogP contribution in [0.15, 0.2) is 30.9 Å². The Morgan fingerprint density at radius 3 is 2.94 bits per heavy atom. The van der Waals surface area contributed by atoms with Crippen LogP contribution in [0.3, 0.4) is 0 Å². The summed E-state index contributed by atoms with van der Waals surface area (Å²) in [6.45, 7) is 5.57. The second-order valence-corrected chi connectivity index (χ2v) is 8.52. The fourth-order valence-electron chi connectivity index (χ4n) is 4.68. The van der Waals surface area contributed by atoms with Gasteiger partial charge in [0.25, 0.3) is 0 Å². The molecule has 10 heteroatoms. The fourth-order valence-corrected chi connectivity index (χ4v) is 4.68. The summed E-state index contributed by atoms with van der Waals surface area (Å²) in [6, 6.07) is 1.91. The van der Waals surface area contributed by atoms with Gasteiger partial charge in [-0.1, -0.05) is 0 Å². The van der Waals surface area contributed by atoms with Crippen LogP contribution in [0, 0.1) is 6.92 Å². The lowest BCUT2D eigenvalue weighted by Crippen LogP contribution is -2.52. The van der Waals surface area contributed by atoms with Crippen molar-refractivity contribution < 1.29 is 4.79 Å². The van der Waals surface area contributed by atoms with Crippen LogP contribution in [0.2, 0.25) is 0 Å². The molecule has 0 radical (unpaired) electrons. The number of fused-ring (bicyclic) bond motifs is 2. The van der Waals surface area contributed by atoms with Crippen molar-refractivity contribution in [3.8, 4) is 0 Å². The molecule has 3 aromatic rings. The van der Waals surface area contributed by atoms with E-state index in [9.17, 15) is 4.79 Å². The van der Waals surface area contributed by atoms with Crippen LogP contribution in [0.4, 0.5) is 22.0 Å². The fraction of sp³-hybridized carbons (Fsp3) is 0.429. The van der Waals surface area contributed by atoms with E-state index in [4.69, 9.17) is 0 Å². The van der Waals surface area contributed by atoms with Crippen molar-refractivity contribution in [1.82, 2.24) is 24.7 Å². The van der Waals surface area contributed by atoms with Crippen LogP contribution in [0.25, 0.3) is 5.78 Å². The number of aryl methyl sites for hydroxylation is 1. The molecule has 2 fully saturated rings. The number of rotatable bonds is 2. The van der Waals surface area contributed by atoms with E-state index in [1.54, 1.807) is 11.1 Å². The number of urea groups is 1. The molecule has 6 rings (SSSR count). The minimum atomic E-state index is -0.185. The first-order valence-electron chi connectivity index (χ1n) is 10.5. The second-order valence-electron chi connectivity index (χ2n) is 8.52. The van der Waals surface area contributed by atoms with Gasteiger partial charge in [0.15, 0.2) is 0 Å². The summed E-state index contributed by atoms with van der Waals surface area (Å²) in [5.74, 6) is 1.38. The lowest BCUT2D eigenvalue weighted by molar-refractivity contribution is 0.257. The van der Waals surface area contributed by atoms with Crippen molar-refractivity contribution in [2.45, 2.75) is 31.7 Å². The average molecular weight is 441 g/mol. The number of aromatic nitrogens is 4. The number of pyridine rings is 1. The van der Waals surface area contributed by atoms with Crippen molar-refractivity contribution >= 4 is 41.4 Å². The first-order chi connectivity index (χ1) is 14.6. The summed E-state index contributed by atoms with van der Waals surface area (Å²) in [5.41, 5.74) is 4.22. The maximum atomic E-state index is 13.0. The molecule has 3 aromatic heterocycles. The third kappa shape index (κ3) is 3.47. The maximum absolute atomic E-state index is 13.0. The molecule has 31 heavy (non-hydrogen) atoms. The Morgan fingerprint density at radius 1 is 1.23 bits per heavy atom. The second kappa shape index (κ2) is 7.35. The molecule has 3 aliphatic rings. The van der Waals surface area contributed by atoms with Gasteiger partial charge >= 0.3 is 6.03 Å². The number of hydrogen-bond donors (Lipinski definition) is 2. The highest BCUT2D eigenvalue weighted by atomic mass is 35.5. The van der Waals surface area contributed by atoms with Crippen LogP contribution in [-0.4, -0.2) is 57.1 Å². The molecule has 0 bridgehead atoms. The standard InChI is InChI=1S/C21H24N8O.ClH/c1-14-11-28-12-15(10-23-19(28)25-14)26-20(30)29-8-3-16-17(2-6-22-18(16)29)27-9-7-24-21(13-27)4-5-21;/h2,6,10-12,24H,3-5,7-9,13H2,1H3,(H,26,30);1H.